The molecule has 1 atom stereocenters. The summed E-state index contributed by atoms with van der Waals surface area (Å²) in [5.74, 6) is -0.626. The highest BCUT2D eigenvalue weighted by molar-refractivity contribution is 5.78. The minimum absolute atomic E-state index is 0.0278. The van der Waals surface area contributed by atoms with E-state index in [0.717, 1.165) is 6.42 Å². The maximum Gasteiger partial charge on any atom is 0.305 e. The average Bonchev–Trinajstić information content (AvgIpc) is 2.52. The van der Waals surface area contributed by atoms with Gasteiger partial charge in [-0.2, -0.15) is 0 Å². The van der Waals surface area contributed by atoms with Gasteiger partial charge in [-0.15, -0.1) is 0 Å². The third-order valence-corrected chi connectivity index (χ3v) is 4.42. The third-order valence-electron chi connectivity index (χ3n) is 4.42. The molecule has 1 rings (SSSR count). The fraction of sp³-hybridized carbons (Fsp3) is 0.556. The molecule has 1 aromatic carbocycles. The highest BCUT2D eigenvalue weighted by Crippen LogP contribution is 2.23. The van der Waals surface area contributed by atoms with Crippen LogP contribution in [0.1, 0.15) is 64.4 Å². The van der Waals surface area contributed by atoms with Gasteiger partial charge in [0, 0.05) is 12.0 Å². The van der Waals surface area contributed by atoms with Crippen LogP contribution in [-0.2, 0) is 9.59 Å². The first-order valence-corrected chi connectivity index (χ1v) is 8.00. The number of nitrogens with one attached hydrogen (secondary N) is 1. The summed E-state index contributed by atoms with van der Waals surface area (Å²) in [5.41, 5.74) is 0.594. The second-order valence-electron chi connectivity index (χ2n) is 5.96. The lowest BCUT2D eigenvalue weighted by Crippen LogP contribution is -2.49. The number of hydrogen-bond acceptors (Lipinski definition) is 2. The van der Waals surface area contributed by atoms with Crippen LogP contribution >= 0.6 is 0 Å². The molecular weight excluding hydrogens is 278 g/mol. The first-order chi connectivity index (χ1) is 10.4. The molecule has 0 heterocycles. The number of benzene rings is 1. The lowest BCUT2D eigenvalue weighted by molar-refractivity contribution is -0.139. The number of carboxylic acid groups (broad SMARTS) is 1. The zero-order valence-electron chi connectivity index (χ0n) is 13.8. The molecule has 0 fully saturated rings. The SMILES string of the molecule is CCC(CC)(CC(=O)O)NC(=O)CCC(C)c1ccccc1. The topological polar surface area (TPSA) is 66.4 Å². The van der Waals surface area contributed by atoms with Gasteiger partial charge in [0.1, 0.15) is 0 Å². The van der Waals surface area contributed by atoms with Crippen molar-refractivity contribution < 1.29 is 14.7 Å². The quantitative estimate of drug-likeness (QED) is 0.730. The van der Waals surface area contributed by atoms with Gasteiger partial charge >= 0.3 is 5.97 Å². The molecule has 0 aromatic heterocycles. The fourth-order valence-corrected chi connectivity index (χ4v) is 2.66. The maximum atomic E-state index is 12.2. The van der Waals surface area contributed by atoms with Crippen molar-refractivity contribution in [1.82, 2.24) is 5.32 Å². The van der Waals surface area contributed by atoms with E-state index < -0.39 is 11.5 Å². The Hall–Kier alpha value is -1.84. The van der Waals surface area contributed by atoms with Gasteiger partial charge in [-0.05, 0) is 30.7 Å². The summed E-state index contributed by atoms with van der Waals surface area (Å²) < 4.78 is 0. The molecule has 1 unspecified atom stereocenters. The number of amides is 1. The van der Waals surface area contributed by atoms with Crippen molar-refractivity contribution >= 4 is 11.9 Å². The second kappa shape index (κ2) is 8.57. The van der Waals surface area contributed by atoms with Gasteiger partial charge in [-0.1, -0.05) is 51.1 Å². The maximum absolute atomic E-state index is 12.2. The molecule has 0 saturated carbocycles. The molecule has 4 heteroatoms. The van der Waals surface area contributed by atoms with Gasteiger partial charge in [-0.3, -0.25) is 9.59 Å². The highest BCUT2D eigenvalue weighted by atomic mass is 16.4. The van der Waals surface area contributed by atoms with Crippen LogP contribution in [0.2, 0.25) is 0 Å². The van der Waals surface area contributed by atoms with Crippen LogP contribution in [-0.4, -0.2) is 22.5 Å². The number of carbonyl (C=O) groups excluding carboxylic acids is 1. The summed E-state index contributed by atoms with van der Waals surface area (Å²) in [7, 11) is 0. The summed E-state index contributed by atoms with van der Waals surface area (Å²) in [6, 6.07) is 10.1. The smallest absolute Gasteiger partial charge is 0.305 e. The summed E-state index contributed by atoms with van der Waals surface area (Å²) in [6.07, 6.45) is 2.38. The number of carboxylic acids is 1. The standard InChI is InChI=1S/C18H27NO3/c1-4-18(5-2,13-17(21)22)19-16(20)12-11-14(3)15-9-7-6-8-10-15/h6-10,14H,4-5,11-13H2,1-3H3,(H,19,20)(H,21,22). The molecule has 1 aromatic rings. The van der Waals surface area contributed by atoms with Crippen LogP contribution in [0.4, 0.5) is 0 Å². The Balaban J connectivity index is 2.55. The first-order valence-electron chi connectivity index (χ1n) is 8.00. The van der Waals surface area contributed by atoms with E-state index in [1.807, 2.05) is 32.0 Å². The Labute approximate surface area is 132 Å². The van der Waals surface area contributed by atoms with Crippen LogP contribution in [0.25, 0.3) is 0 Å². The summed E-state index contributed by atoms with van der Waals surface area (Å²) in [6.45, 7) is 5.94. The molecule has 4 nitrogen and oxygen atoms in total. The molecular formula is C18H27NO3. The van der Waals surface area contributed by atoms with Gasteiger partial charge < -0.3 is 10.4 Å². The lowest BCUT2D eigenvalue weighted by atomic mass is 9.88. The van der Waals surface area contributed by atoms with Crippen LogP contribution in [0.3, 0.4) is 0 Å². The summed E-state index contributed by atoms with van der Waals surface area (Å²) in [5, 5.41) is 12.0. The Morgan fingerprint density at radius 1 is 1.18 bits per heavy atom. The molecule has 22 heavy (non-hydrogen) atoms. The van der Waals surface area contributed by atoms with Crippen LogP contribution in [0.5, 0.6) is 0 Å². The van der Waals surface area contributed by atoms with Crippen LogP contribution in [0, 0.1) is 0 Å². The largest absolute Gasteiger partial charge is 0.481 e. The normalized spacial score (nSPS) is 12.7. The molecule has 0 aliphatic carbocycles. The second-order valence-corrected chi connectivity index (χ2v) is 5.96. The fourth-order valence-electron chi connectivity index (χ4n) is 2.66. The zero-order chi connectivity index (χ0) is 16.6. The van der Waals surface area contributed by atoms with Crippen molar-refractivity contribution in [1.29, 1.82) is 0 Å². The Morgan fingerprint density at radius 3 is 2.27 bits per heavy atom. The predicted molar refractivity (Wildman–Crippen MR) is 87.8 cm³/mol. The number of rotatable bonds is 9. The molecule has 0 saturated heterocycles. The number of hydrogen-bond donors (Lipinski definition) is 2. The highest BCUT2D eigenvalue weighted by Gasteiger charge is 2.30. The van der Waals surface area contributed by atoms with Gasteiger partial charge in [0.15, 0.2) is 0 Å². The Morgan fingerprint density at radius 2 is 1.77 bits per heavy atom. The third kappa shape index (κ3) is 5.51. The predicted octanol–water partition coefficient (Wildman–Crippen LogP) is 3.72. The Bertz CT molecular complexity index is 480. The summed E-state index contributed by atoms with van der Waals surface area (Å²) in [4.78, 5) is 23.2. The van der Waals surface area contributed by atoms with E-state index in [0.29, 0.717) is 25.2 Å². The summed E-state index contributed by atoms with van der Waals surface area (Å²) >= 11 is 0. The Kier molecular flexibility index (Phi) is 7.09. The van der Waals surface area contributed by atoms with Gasteiger partial charge in [-0.25, -0.2) is 0 Å². The van der Waals surface area contributed by atoms with Crippen molar-refractivity contribution in [3.63, 3.8) is 0 Å². The van der Waals surface area contributed by atoms with Crippen molar-refractivity contribution in [2.45, 2.75) is 64.3 Å². The van der Waals surface area contributed by atoms with Gasteiger partial charge in [0.05, 0.1) is 6.42 Å². The molecule has 2 N–H and O–H groups in total. The van der Waals surface area contributed by atoms with Crippen molar-refractivity contribution in [2.75, 3.05) is 0 Å². The van der Waals surface area contributed by atoms with E-state index in [4.69, 9.17) is 5.11 Å². The number of carbonyl (C=O) groups is 2. The molecule has 0 radical (unpaired) electrons. The van der Waals surface area contributed by atoms with Gasteiger partial charge in [0.25, 0.3) is 0 Å². The van der Waals surface area contributed by atoms with Crippen molar-refractivity contribution in [3.05, 3.63) is 35.9 Å². The zero-order valence-corrected chi connectivity index (χ0v) is 13.8. The minimum Gasteiger partial charge on any atom is -0.481 e. The van der Waals surface area contributed by atoms with Crippen molar-refractivity contribution in [2.24, 2.45) is 0 Å². The first kappa shape index (κ1) is 18.2. The van der Waals surface area contributed by atoms with E-state index in [9.17, 15) is 9.59 Å². The molecule has 0 aliphatic rings. The molecule has 0 bridgehead atoms. The molecule has 122 valence electrons. The van der Waals surface area contributed by atoms with E-state index in [-0.39, 0.29) is 12.3 Å². The van der Waals surface area contributed by atoms with E-state index in [2.05, 4.69) is 24.4 Å². The number of aliphatic carboxylic acids is 1. The molecule has 1 amide bonds. The minimum atomic E-state index is -0.873. The van der Waals surface area contributed by atoms with E-state index in [1.165, 1.54) is 5.56 Å². The van der Waals surface area contributed by atoms with E-state index >= 15 is 0 Å². The van der Waals surface area contributed by atoms with Gasteiger partial charge in [0.2, 0.25) is 5.91 Å². The van der Waals surface area contributed by atoms with Crippen molar-refractivity contribution in [3.8, 4) is 0 Å². The molecule has 0 spiro atoms. The molecule has 0 aliphatic heterocycles. The average molecular weight is 305 g/mol. The van der Waals surface area contributed by atoms with Crippen LogP contribution < -0.4 is 5.32 Å². The van der Waals surface area contributed by atoms with Crippen LogP contribution in [0.15, 0.2) is 30.3 Å². The monoisotopic (exact) mass is 305 g/mol. The van der Waals surface area contributed by atoms with E-state index in [1.54, 1.807) is 0 Å². The lowest BCUT2D eigenvalue weighted by Gasteiger charge is -2.31.